The number of H-pyrrole nitrogens is 1. The van der Waals surface area contributed by atoms with Crippen molar-refractivity contribution in [3.05, 3.63) is 81.2 Å². The molecular formula is C25H20F2N4O6. The maximum Gasteiger partial charge on any atom is 0.337 e. The molecule has 0 spiro atoms. The van der Waals surface area contributed by atoms with Gasteiger partial charge in [0, 0.05) is 17.0 Å². The fourth-order valence-electron chi connectivity index (χ4n) is 4.00. The molecule has 1 aliphatic rings. The molecule has 0 fully saturated rings. The summed E-state index contributed by atoms with van der Waals surface area (Å²) in [6.07, 6.45) is 1.41. The Bertz CT molecular complexity index is 1530. The van der Waals surface area contributed by atoms with E-state index in [0.29, 0.717) is 17.0 Å². The number of benzene rings is 2. The third kappa shape index (κ3) is 4.82. The molecule has 37 heavy (non-hydrogen) atoms. The molecular weight excluding hydrogens is 490 g/mol. The van der Waals surface area contributed by atoms with Gasteiger partial charge >= 0.3 is 12.0 Å². The Hall–Kier alpha value is -4.84. The van der Waals surface area contributed by atoms with Gasteiger partial charge in [-0.1, -0.05) is 6.07 Å². The van der Waals surface area contributed by atoms with Crippen molar-refractivity contribution in [3.63, 3.8) is 0 Å². The van der Waals surface area contributed by atoms with Crippen LogP contribution < -0.4 is 16.0 Å². The van der Waals surface area contributed by atoms with Crippen LogP contribution in [-0.4, -0.2) is 39.0 Å². The van der Waals surface area contributed by atoms with Gasteiger partial charge < -0.3 is 25.8 Å². The van der Waals surface area contributed by atoms with E-state index in [1.165, 1.54) is 12.1 Å². The lowest BCUT2D eigenvalue weighted by Crippen LogP contribution is -2.35. The van der Waals surface area contributed by atoms with Crippen molar-refractivity contribution in [2.45, 2.75) is 20.5 Å². The lowest BCUT2D eigenvalue weighted by Gasteiger charge is -2.10. The number of aromatic nitrogens is 1. The number of carbonyl (C=O) groups is 4. The largest absolute Gasteiger partial charge is 0.478 e. The topological polar surface area (TPSA) is 161 Å². The first-order chi connectivity index (χ1) is 17.5. The number of rotatable bonds is 5. The minimum atomic E-state index is -1.15. The number of aliphatic hydroxyl groups excluding tert-OH is 1. The zero-order chi connectivity index (χ0) is 27.0. The number of aryl methyl sites for hydroxylation is 1. The van der Waals surface area contributed by atoms with Crippen molar-refractivity contribution in [2.75, 3.05) is 10.6 Å². The Morgan fingerprint density at radius 1 is 1.08 bits per heavy atom. The smallest absolute Gasteiger partial charge is 0.337 e. The SMILES string of the molecule is Cc1[nH]c(C=C2C(=O)Nc3cc(NC(=O)NC(=O)c4ccc(CO)cc4F)c(F)cc32)c(C)c1C(=O)O. The zero-order valence-electron chi connectivity index (χ0n) is 19.5. The second-order valence-electron chi connectivity index (χ2n) is 8.24. The molecule has 4 rings (SSSR count). The van der Waals surface area contributed by atoms with Crippen molar-refractivity contribution in [1.29, 1.82) is 0 Å². The Balaban J connectivity index is 1.56. The number of aromatic carboxylic acids is 1. The molecule has 4 amide bonds. The fourth-order valence-corrected chi connectivity index (χ4v) is 4.00. The van der Waals surface area contributed by atoms with E-state index in [0.717, 1.165) is 24.3 Å². The van der Waals surface area contributed by atoms with Gasteiger partial charge in [-0.2, -0.15) is 0 Å². The molecule has 0 unspecified atom stereocenters. The number of hydrogen-bond donors (Lipinski definition) is 6. The van der Waals surface area contributed by atoms with Gasteiger partial charge in [0.2, 0.25) is 0 Å². The van der Waals surface area contributed by atoms with Crippen LogP contribution in [0.4, 0.5) is 25.0 Å². The number of imide groups is 1. The molecule has 12 heteroatoms. The third-order valence-corrected chi connectivity index (χ3v) is 5.80. The van der Waals surface area contributed by atoms with E-state index < -0.39 is 47.6 Å². The van der Waals surface area contributed by atoms with Crippen LogP contribution in [0.3, 0.4) is 0 Å². The number of amides is 4. The monoisotopic (exact) mass is 510 g/mol. The van der Waals surface area contributed by atoms with Gasteiger partial charge in [0.25, 0.3) is 11.8 Å². The molecule has 0 aliphatic carbocycles. The number of aromatic amines is 1. The molecule has 2 heterocycles. The van der Waals surface area contributed by atoms with Crippen molar-refractivity contribution in [1.82, 2.24) is 10.3 Å². The van der Waals surface area contributed by atoms with Crippen LogP contribution in [0, 0.1) is 25.5 Å². The summed E-state index contributed by atoms with van der Waals surface area (Å²) in [5.74, 6) is -4.66. The van der Waals surface area contributed by atoms with Gasteiger partial charge in [-0.15, -0.1) is 0 Å². The molecule has 1 aliphatic heterocycles. The van der Waals surface area contributed by atoms with Crippen LogP contribution >= 0.6 is 0 Å². The second-order valence-corrected chi connectivity index (χ2v) is 8.24. The Kier molecular flexibility index (Phi) is 6.60. The van der Waals surface area contributed by atoms with E-state index in [2.05, 4.69) is 15.6 Å². The van der Waals surface area contributed by atoms with E-state index in [1.54, 1.807) is 13.8 Å². The zero-order valence-corrected chi connectivity index (χ0v) is 19.5. The average Bonchev–Trinajstić information content (AvgIpc) is 3.28. The quantitative estimate of drug-likeness (QED) is 0.288. The summed E-state index contributed by atoms with van der Waals surface area (Å²) < 4.78 is 28.9. The first kappa shape index (κ1) is 25.3. The number of aliphatic hydroxyl groups is 1. The minimum Gasteiger partial charge on any atom is -0.478 e. The first-order valence-electron chi connectivity index (χ1n) is 10.8. The molecule has 190 valence electrons. The van der Waals surface area contributed by atoms with Gasteiger partial charge in [0.05, 0.1) is 34.7 Å². The van der Waals surface area contributed by atoms with Crippen LogP contribution in [0.1, 0.15) is 48.8 Å². The highest BCUT2D eigenvalue weighted by atomic mass is 19.1. The molecule has 0 saturated carbocycles. The van der Waals surface area contributed by atoms with Crippen molar-refractivity contribution in [2.24, 2.45) is 0 Å². The molecule has 6 N–H and O–H groups in total. The van der Waals surface area contributed by atoms with E-state index in [4.69, 9.17) is 5.11 Å². The van der Waals surface area contributed by atoms with Gasteiger partial charge in [-0.25, -0.2) is 18.4 Å². The molecule has 0 atom stereocenters. The molecule has 0 bridgehead atoms. The maximum absolute atomic E-state index is 14.8. The van der Waals surface area contributed by atoms with Crippen molar-refractivity contribution < 1.29 is 38.2 Å². The summed E-state index contributed by atoms with van der Waals surface area (Å²) in [4.78, 5) is 51.4. The Morgan fingerprint density at radius 2 is 1.81 bits per heavy atom. The first-order valence-corrected chi connectivity index (χ1v) is 10.8. The summed E-state index contributed by atoms with van der Waals surface area (Å²) in [7, 11) is 0. The number of carboxylic acids is 1. The lowest BCUT2D eigenvalue weighted by atomic mass is 10.0. The molecule has 10 nitrogen and oxygen atoms in total. The highest BCUT2D eigenvalue weighted by molar-refractivity contribution is 6.35. The maximum atomic E-state index is 14.8. The van der Waals surface area contributed by atoms with Gasteiger partial charge in [0.1, 0.15) is 11.6 Å². The Labute approximate surface area is 208 Å². The van der Waals surface area contributed by atoms with Crippen molar-refractivity contribution >= 4 is 46.8 Å². The molecule has 1 aromatic heterocycles. The summed E-state index contributed by atoms with van der Waals surface area (Å²) in [6, 6.07) is 4.36. The van der Waals surface area contributed by atoms with Crippen molar-refractivity contribution in [3.8, 4) is 0 Å². The molecule has 0 radical (unpaired) electrons. The molecule has 0 saturated heterocycles. The van der Waals surface area contributed by atoms with Gasteiger partial charge in [-0.3, -0.25) is 14.9 Å². The number of urea groups is 1. The number of nitrogens with one attached hydrogen (secondary N) is 4. The van der Waals surface area contributed by atoms with Gasteiger partial charge in [-0.05, 0) is 55.3 Å². The van der Waals surface area contributed by atoms with E-state index in [9.17, 15) is 33.1 Å². The predicted molar refractivity (Wildman–Crippen MR) is 129 cm³/mol. The Morgan fingerprint density at radius 3 is 2.43 bits per heavy atom. The van der Waals surface area contributed by atoms with Gasteiger partial charge in [0.15, 0.2) is 0 Å². The van der Waals surface area contributed by atoms with Crippen LogP contribution in [0.15, 0.2) is 30.3 Å². The fraction of sp³-hybridized carbons (Fsp3) is 0.120. The average molecular weight is 510 g/mol. The second kappa shape index (κ2) is 9.66. The van der Waals surface area contributed by atoms with Crippen LogP contribution in [0.25, 0.3) is 11.6 Å². The highest BCUT2D eigenvalue weighted by Gasteiger charge is 2.28. The van der Waals surface area contributed by atoms with Crippen LogP contribution in [-0.2, 0) is 11.4 Å². The molecule has 3 aromatic rings. The lowest BCUT2D eigenvalue weighted by molar-refractivity contribution is -0.110. The van der Waals surface area contributed by atoms with E-state index >= 15 is 0 Å². The minimum absolute atomic E-state index is 0.0704. The van der Waals surface area contributed by atoms with E-state index in [1.807, 2.05) is 5.32 Å². The number of carboxylic acid groups (broad SMARTS) is 1. The van der Waals surface area contributed by atoms with Crippen LogP contribution in [0.2, 0.25) is 0 Å². The number of anilines is 2. The number of carbonyl (C=O) groups excluding carboxylic acids is 3. The number of fused-ring (bicyclic) bond motifs is 1. The van der Waals surface area contributed by atoms with Crippen LogP contribution in [0.5, 0.6) is 0 Å². The normalized spacial score (nSPS) is 13.3. The number of hydrogen-bond acceptors (Lipinski definition) is 5. The van der Waals surface area contributed by atoms with E-state index in [-0.39, 0.29) is 33.6 Å². The summed E-state index contributed by atoms with van der Waals surface area (Å²) >= 11 is 0. The summed E-state index contributed by atoms with van der Waals surface area (Å²) in [6.45, 7) is 2.72. The summed E-state index contributed by atoms with van der Waals surface area (Å²) in [5.41, 5.74) is 1.08. The summed E-state index contributed by atoms with van der Waals surface area (Å²) in [5, 5.41) is 25.0. The number of halogens is 2. The highest BCUT2D eigenvalue weighted by Crippen LogP contribution is 2.37. The molecule has 2 aromatic carbocycles. The predicted octanol–water partition coefficient (Wildman–Crippen LogP) is 3.55. The third-order valence-electron chi connectivity index (χ3n) is 5.80. The standard InChI is InChI=1S/C25H20F2N4O6/c1-10-18(28-11(2)21(10)24(35)36)7-15-14-6-17(27)20(8-19(14)29-23(15)34)30-25(37)31-22(33)13-4-3-12(9-32)5-16(13)26/h3-8,28,32H,9H2,1-2H3,(H,29,34)(H,35,36)(H2,30,31,33,37).